The van der Waals surface area contributed by atoms with Gasteiger partial charge in [-0.05, 0) is 152 Å². The predicted octanol–water partition coefficient (Wildman–Crippen LogP) is 12.4. The lowest BCUT2D eigenvalue weighted by Crippen LogP contribution is -2.52. The van der Waals surface area contributed by atoms with Crippen molar-refractivity contribution in [3.8, 4) is 11.1 Å². The number of rotatable bonds is 23. The van der Waals surface area contributed by atoms with E-state index < -0.39 is 58.5 Å². The first-order valence-corrected chi connectivity index (χ1v) is 33.5. The molecule has 6 aromatic rings. The number of aryl methyl sites for hydroxylation is 1. The predicted molar refractivity (Wildman–Crippen MR) is 348 cm³/mol. The molecule has 2 atom stereocenters. The minimum absolute atomic E-state index is 0.0260. The van der Waals surface area contributed by atoms with Gasteiger partial charge in [-0.2, -0.15) is 26.3 Å². The van der Waals surface area contributed by atoms with Gasteiger partial charge in [0.15, 0.2) is 0 Å². The third kappa shape index (κ3) is 16.9. The van der Waals surface area contributed by atoms with Crippen LogP contribution in [0.4, 0.5) is 30.7 Å². The topological polar surface area (TPSA) is 132 Å². The van der Waals surface area contributed by atoms with Gasteiger partial charge in [0.25, 0.3) is 11.8 Å². The number of likely N-dealkylation sites (tertiary alicyclic amines) is 2. The van der Waals surface area contributed by atoms with Crippen LogP contribution in [0.2, 0.25) is 0 Å². The van der Waals surface area contributed by atoms with Crippen LogP contribution in [0.15, 0.2) is 146 Å². The SMILES string of the molecule is CN(CCN1CCC(OC(=O)Cc2ccccc2-c2ccccc2)CC1)C(=O)CCCCCCc1ccc(C(=O)N2CCN(C(=O)CO[C@H]3Cc4ccccc4C34CCN(CC[C@@]3(c5ccc(F)cc5)CN(C(=O)c5cc(C(F)(F)F)cc(C(F)(F)F)c5)CO3)CC4)CC2)cc1. The van der Waals surface area contributed by atoms with Crippen LogP contribution < -0.4 is 0 Å². The van der Waals surface area contributed by atoms with Crippen molar-refractivity contribution in [3.63, 3.8) is 0 Å². The first-order chi connectivity index (χ1) is 46.1. The first kappa shape index (κ1) is 69.4. The summed E-state index contributed by atoms with van der Waals surface area (Å²) < 4.78 is 116. The van der Waals surface area contributed by atoms with Gasteiger partial charge in [-0.1, -0.05) is 116 Å². The van der Waals surface area contributed by atoms with Crippen molar-refractivity contribution in [1.29, 1.82) is 0 Å². The Morgan fingerprint density at radius 3 is 1.96 bits per heavy atom. The van der Waals surface area contributed by atoms with Crippen molar-refractivity contribution in [1.82, 2.24) is 29.4 Å². The summed E-state index contributed by atoms with van der Waals surface area (Å²) in [5.41, 5.74) is 1.95. The summed E-state index contributed by atoms with van der Waals surface area (Å²) in [5.74, 6) is -1.91. The zero-order valence-electron chi connectivity index (χ0n) is 54.2. The summed E-state index contributed by atoms with van der Waals surface area (Å²) in [6.07, 6.45) is -1.59. The molecule has 0 bridgehead atoms. The minimum Gasteiger partial charge on any atom is -0.462 e. The number of piperidine rings is 2. The molecule has 4 heterocycles. The molecule has 510 valence electrons. The number of likely N-dealkylation sites (N-methyl/N-ethyl adjacent to an activating group) is 1. The van der Waals surface area contributed by atoms with Gasteiger partial charge in [0.1, 0.15) is 30.9 Å². The van der Waals surface area contributed by atoms with E-state index >= 15 is 0 Å². The number of fused-ring (bicyclic) bond motifs is 2. The second-order valence-electron chi connectivity index (χ2n) is 26.3. The molecule has 1 spiro atoms. The molecule has 21 heteroatoms. The molecule has 96 heavy (non-hydrogen) atoms. The Kier molecular flexibility index (Phi) is 22.1. The van der Waals surface area contributed by atoms with E-state index in [1.807, 2.05) is 103 Å². The summed E-state index contributed by atoms with van der Waals surface area (Å²) in [4.78, 5) is 78.3. The van der Waals surface area contributed by atoms with Gasteiger partial charge in [0, 0.05) is 88.9 Å². The van der Waals surface area contributed by atoms with Crippen LogP contribution in [0.25, 0.3) is 11.1 Å². The molecule has 0 saturated carbocycles. The van der Waals surface area contributed by atoms with E-state index in [1.54, 1.807) is 9.80 Å². The lowest BCUT2D eigenvalue weighted by Gasteiger charge is -2.44. The van der Waals surface area contributed by atoms with Gasteiger partial charge in [0.2, 0.25) is 11.8 Å². The number of hydrogen-bond acceptors (Lipinski definition) is 10. The summed E-state index contributed by atoms with van der Waals surface area (Å²) in [6, 6.07) is 40.2. The average Bonchev–Trinajstić information content (AvgIpc) is 1.58. The zero-order chi connectivity index (χ0) is 67.6. The van der Waals surface area contributed by atoms with Crippen LogP contribution in [0.1, 0.15) is 124 Å². The largest absolute Gasteiger partial charge is 0.462 e. The minimum atomic E-state index is -5.15. The quantitative estimate of drug-likeness (QED) is 0.0347. The van der Waals surface area contributed by atoms with Crippen molar-refractivity contribution in [2.75, 3.05) is 98.9 Å². The molecule has 6 aromatic carbocycles. The lowest BCUT2D eigenvalue weighted by atomic mass is 9.72. The molecular weight excluding hydrogens is 1250 g/mol. The summed E-state index contributed by atoms with van der Waals surface area (Å²) >= 11 is 0. The van der Waals surface area contributed by atoms with Gasteiger partial charge in [0.05, 0.1) is 30.2 Å². The maximum Gasteiger partial charge on any atom is 0.416 e. The number of hydrogen-bond donors (Lipinski definition) is 0. The normalized spacial score (nSPS) is 19.4. The smallest absolute Gasteiger partial charge is 0.416 e. The van der Waals surface area contributed by atoms with E-state index in [9.17, 15) is 54.7 Å². The Bertz CT molecular complexity index is 3630. The summed E-state index contributed by atoms with van der Waals surface area (Å²) in [6.45, 7) is 5.44. The third-order valence-corrected chi connectivity index (χ3v) is 20.2. The lowest BCUT2D eigenvalue weighted by molar-refractivity contribution is -0.150. The fourth-order valence-electron chi connectivity index (χ4n) is 14.5. The molecule has 1 aliphatic carbocycles. The van der Waals surface area contributed by atoms with E-state index in [4.69, 9.17) is 14.2 Å². The molecule has 4 aliphatic heterocycles. The van der Waals surface area contributed by atoms with Crippen LogP contribution in [0.3, 0.4) is 0 Å². The molecule has 0 aromatic heterocycles. The number of nitrogens with zero attached hydrogens (tertiary/aromatic N) is 6. The number of halogens is 7. The van der Waals surface area contributed by atoms with Gasteiger partial charge in [-0.25, -0.2) is 4.39 Å². The number of ether oxygens (including phenoxy) is 3. The van der Waals surface area contributed by atoms with E-state index in [1.165, 1.54) is 29.8 Å². The van der Waals surface area contributed by atoms with Crippen molar-refractivity contribution >= 4 is 29.6 Å². The van der Waals surface area contributed by atoms with E-state index in [0.29, 0.717) is 101 Å². The molecule has 0 unspecified atom stereocenters. The van der Waals surface area contributed by atoms with E-state index in [2.05, 4.69) is 21.9 Å². The van der Waals surface area contributed by atoms with Crippen molar-refractivity contribution < 1.29 is 68.9 Å². The number of carbonyl (C=O) groups excluding carboxylic acids is 5. The average molecular weight is 1330 g/mol. The Morgan fingerprint density at radius 1 is 0.635 bits per heavy atom. The highest BCUT2D eigenvalue weighted by Crippen LogP contribution is 2.49. The molecule has 4 saturated heterocycles. The maximum absolute atomic E-state index is 14.2. The Hall–Kier alpha value is -7.98. The van der Waals surface area contributed by atoms with Gasteiger partial charge < -0.3 is 43.6 Å². The number of benzene rings is 6. The third-order valence-electron chi connectivity index (χ3n) is 20.2. The molecule has 0 radical (unpaired) electrons. The van der Waals surface area contributed by atoms with Crippen molar-refractivity contribution in [3.05, 3.63) is 201 Å². The monoisotopic (exact) mass is 1330 g/mol. The van der Waals surface area contributed by atoms with E-state index in [0.717, 1.165) is 97.3 Å². The highest BCUT2D eigenvalue weighted by atomic mass is 19.4. The number of esters is 1. The second-order valence-corrected chi connectivity index (χ2v) is 26.3. The first-order valence-electron chi connectivity index (χ1n) is 33.5. The maximum atomic E-state index is 14.2. The molecule has 4 amide bonds. The van der Waals surface area contributed by atoms with Crippen LogP contribution in [0.5, 0.6) is 0 Å². The van der Waals surface area contributed by atoms with Crippen molar-refractivity contribution in [2.24, 2.45) is 0 Å². The van der Waals surface area contributed by atoms with Crippen molar-refractivity contribution in [2.45, 2.75) is 119 Å². The van der Waals surface area contributed by atoms with Gasteiger partial charge in [-0.15, -0.1) is 0 Å². The zero-order valence-corrected chi connectivity index (χ0v) is 54.2. The Morgan fingerprint density at radius 2 is 1.26 bits per heavy atom. The summed E-state index contributed by atoms with van der Waals surface area (Å²) in [7, 11) is 1.87. The fraction of sp³-hybridized carbons (Fsp3) is 0.453. The van der Waals surface area contributed by atoms with Crippen LogP contribution in [-0.2, 0) is 71.2 Å². The Labute approximate surface area is 556 Å². The summed E-state index contributed by atoms with van der Waals surface area (Å²) in [5, 5.41) is 0. The molecule has 5 aliphatic rings. The van der Waals surface area contributed by atoms with Crippen LogP contribution >= 0.6 is 0 Å². The van der Waals surface area contributed by atoms with E-state index in [-0.39, 0.29) is 68.0 Å². The highest BCUT2D eigenvalue weighted by Gasteiger charge is 2.50. The molecule has 14 nitrogen and oxygen atoms in total. The number of piperazine rings is 1. The van der Waals surface area contributed by atoms with Gasteiger partial charge in [-0.3, -0.25) is 24.0 Å². The number of amides is 4. The number of unbranched alkanes of at least 4 members (excludes halogenated alkanes) is 3. The molecular formula is C75H83F7N6O8. The molecule has 11 rings (SSSR count). The number of carbonyl (C=O) groups is 5. The highest BCUT2D eigenvalue weighted by molar-refractivity contribution is 5.95. The van der Waals surface area contributed by atoms with Crippen LogP contribution in [-0.4, -0.2) is 170 Å². The molecule has 4 fully saturated rings. The van der Waals surface area contributed by atoms with Crippen LogP contribution in [0, 0.1) is 5.82 Å². The van der Waals surface area contributed by atoms with Gasteiger partial charge >= 0.3 is 18.3 Å². The fourth-order valence-corrected chi connectivity index (χ4v) is 14.5. The number of alkyl halides is 6. The Balaban J connectivity index is 0.575. The molecule has 0 N–H and O–H groups in total. The second kappa shape index (κ2) is 30.6. The standard InChI is InChI=1S/C75H83F7N6O8/c1-83(39-40-84-34-29-63(30-35-84)96-69(91)48-56-16-9-11-18-64(56)54-14-6-4-7-15-54)67(89)20-8-3-2-5-13-53-21-23-55(24-22-53)70(92)87-43-41-86(42-44-87)68(90)50-94-66-47-57-17-10-12-19-65(57)72(66)31-36-85(37-32-72)38-33-73(59-25-27-62(76)28-26-59)51-88(52-95-73)71(93)58-45-60(74(77,78)79)49-61(46-58)75(80,81)82/h4,6-7,9-12,14-19,21-28,45-46,49,63,66H,2-3,5,8,13,20,29-44,47-48,50-52H2,1H3/t66-,73-/m0/s1.